The van der Waals surface area contributed by atoms with Crippen molar-refractivity contribution in [2.24, 2.45) is 0 Å². The third-order valence-corrected chi connectivity index (χ3v) is 5.23. The minimum atomic E-state index is -0.394. The number of aromatic nitrogens is 3. The summed E-state index contributed by atoms with van der Waals surface area (Å²) in [6, 6.07) is 10.3. The predicted octanol–water partition coefficient (Wildman–Crippen LogP) is 2.63. The number of thioether (sulfide) groups is 1. The Hall–Kier alpha value is -2.85. The lowest BCUT2D eigenvalue weighted by atomic mass is 10.2. The Morgan fingerprint density at radius 1 is 1.26 bits per heavy atom. The summed E-state index contributed by atoms with van der Waals surface area (Å²) in [5.74, 6) is 6.08. The zero-order valence-corrected chi connectivity index (χ0v) is 16.0. The Bertz CT molecular complexity index is 923. The molecule has 0 aliphatic rings. The number of rotatable bonds is 7. The van der Waals surface area contributed by atoms with Gasteiger partial charge in [0.2, 0.25) is 11.1 Å². The number of carbonyl (C=O) groups excluding carboxylic acids is 2. The van der Waals surface area contributed by atoms with Crippen LogP contribution in [0.15, 0.2) is 46.9 Å². The topological polar surface area (TPSA) is 112 Å². The number of ether oxygens (including phenoxy) is 1. The maximum absolute atomic E-state index is 12.1. The molecule has 1 aromatic carbocycles. The molecular formula is C17H17N5O3S2. The van der Waals surface area contributed by atoms with Crippen LogP contribution in [0.25, 0.3) is 10.7 Å². The van der Waals surface area contributed by atoms with Crippen LogP contribution in [0, 0.1) is 0 Å². The number of nitrogens with two attached hydrogens (primary N) is 1. The van der Waals surface area contributed by atoms with Crippen molar-refractivity contribution in [3.63, 3.8) is 0 Å². The highest BCUT2D eigenvalue weighted by atomic mass is 32.2. The molecule has 2 heterocycles. The molecule has 0 saturated carbocycles. The van der Waals surface area contributed by atoms with Gasteiger partial charge >= 0.3 is 5.97 Å². The van der Waals surface area contributed by atoms with E-state index in [9.17, 15) is 9.59 Å². The number of hydrogen-bond donors (Lipinski definition) is 2. The third-order valence-electron chi connectivity index (χ3n) is 3.42. The molecule has 0 atom stereocenters. The predicted molar refractivity (Wildman–Crippen MR) is 105 cm³/mol. The van der Waals surface area contributed by atoms with Gasteiger partial charge in [0, 0.05) is 5.69 Å². The van der Waals surface area contributed by atoms with Crippen molar-refractivity contribution in [2.75, 3.05) is 23.5 Å². The van der Waals surface area contributed by atoms with E-state index >= 15 is 0 Å². The van der Waals surface area contributed by atoms with Crippen LogP contribution in [0.3, 0.4) is 0 Å². The van der Waals surface area contributed by atoms with E-state index < -0.39 is 5.97 Å². The highest BCUT2D eigenvalue weighted by molar-refractivity contribution is 7.99. The maximum Gasteiger partial charge on any atom is 0.338 e. The molecule has 8 nitrogen and oxygen atoms in total. The molecule has 27 heavy (non-hydrogen) atoms. The standard InChI is InChI=1S/C17H17N5O3S2/c1-2-25-16(24)11-5-7-12(8-6-11)19-14(23)10-27-17-21-20-15(22(17)18)13-4-3-9-26-13/h3-9H,2,10,18H2,1H3,(H,19,23). The number of anilines is 1. The van der Waals surface area contributed by atoms with Gasteiger partial charge in [0.15, 0.2) is 5.82 Å². The molecule has 0 saturated heterocycles. The van der Waals surface area contributed by atoms with Crippen LogP contribution in [-0.4, -0.2) is 39.1 Å². The van der Waals surface area contributed by atoms with Crippen molar-refractivity contribution in [1.82, 2.24) is 14.9 Å². The average Bonchev–Trinajstić information content (AvgIpc) is 3.30. The van der Waals surface area contributed by atoms with Crippen LogP contribution < -0.4 is 11.2 Å². The minimum absolute atomic E-state index is 0.124. The van der Waals surface area contributed by atoms with E-state index in [4.69, 9.17) is 10.6 Å². The second-order valence-electron chi connectivity index (χ2n) is 5.29. The molecule has 3 aromatic rings. The third kappa shape index (κ3) is 4.66. The number of carbonyl (C=O) groups is 2. The van der Waals surface area contributed by atoms with E-state index in [-0.39, 0.29) is 11.7 Å². The molecule has 0 unspecified atom stereocenters. The van der Waals surface area contributed by atoms with Gasteiger partial charge in [0.25, 0.3) is 0 Å². The van der Waals surface area contributed by atoms with Gasteiger partial charge in [0.05, 0.1) is 22.8 Å². The van der Waals surface area contributed by atoms with Crippen molar-refractivity contribution < 1.29 is 14.3 Å². The first-order chi connectivity index (χ1) is 13.1. The van der Waals surface area contributed by atoms with Gasteiger partial charge in [-0.25, -0.2) is 9.47 Å². The van der Waals surface area contributed by atoms with Gasteiger partial charge in [-0.1, -0.05) is 17.8 Å². The summed E-state index contributed by atoms with van der Waals surface area (Å²) in [5, 5.41) is 13.2. The van der Waals surface area contributed by atoms with Crippen molar-refractivity contribution >= 4 is 40.7 Å². The minimum Gasteiger partial charge on any atom is -0.462 e. The van der Waals surface area contributed by atoms with Crippen molar-refractivity contribution in [2.45, 2.75) is 12.1 Å². The number of benzene rings is 1. The highest BCUT2D eigenvalue weighted by Crippen LogP contribution is 2.25. The molecule has 0 fully saturated rings. The van der Waals surface area contributed by atoms with Crippen molar-refractivity contribution in [3.8, 4) is 10.7 Å². The first kappa shape index (κ1) is 18.9. The quantitative estimate of drug-likeness (QED) is 0.354. The van der Waals surface area contributed by atoms with E-state index in [1.54, 1.807) is 31.2 Å². The smallest absolute Gasteiger partial charge is 0.338 e. The Kier molecular flexibility index (Phi) is 6.09. The Morgan fingerprint density at radius 2 is 2.04 bits per heavy atom. The first-order valence-electron chi connectivity index (χ1n) is 8.02. The summed E-state index contributed by atoms with van der Waals surface area (Å²) >= 11 is 2.70. The van der Waals surface area contributed by atoms with E-state index in [2.05, 4.69) is 15.5 Å². The van der Waals surface area contributed by atoms with Gasteiger partial charge in [0.1, 0.15) is 0 Å². The van der Waals surface area contributed by atoms with Crippen molar-refractivity contribution in [1.29, 1.82) is 0 Å². The molecule has 0 aliphatic heterocycles. The molecule has 2 aromatic heterocycles. The molecule has 3 rings (SSSR count). The number of amides is 1. The number of nitrogen functional groups attached to an aromatic ring is 1. The first-order valence-corrected chi connectivity index (χ1v) is 9.89. The average molecular weight is 403 g/mol. The summed E-state index contributed by atoms with van der Waals surface area (Å²) in [6.07, 6.45) is 0. The van der Waals surface area contributed by atoms with E-state index in [0.717, 1.165) is 4.88 Å². The highest BCUT2D eigenvalue weighted by Gasteiger charge is 2.14. The molecule has 0 bridgehead atoms. The lowest BCUT2D eigenvalue weighted by Gasteiger charge is -2.06. The zero-order valence-electron chi connectivity index (χ0n) is 14.4. The summed E-state index contributed by atoms with van der Waals surface area (Å²) in [7, 11) is 0. The second kappa shape index (κ2) is 8.69. The molecule has 0 aliphatic carbocycles. The number of hydrogen-bond acceptors (Lipinski definition) is 8. The van der Waals surface area contributed by atoms with Crippen LogP contribution >= 0.6 is 23.1 Å². The van der Waals surface area contributed by atoms with Crippen LogP contribution in [0.2, 0.25) is 0 Å². The summed E-state index contributed by atoms with van der Waals surface area (Å²) in [5.41, 5.74) is 1.02. The molecule has 0 radical (unpaired) electrons. The maximum atomic E-state index is 12.1. The van der Waals surface area contributed by atoms with Gasteiger partial charge in [-0.2, -0.15) is 0 Å². The number of esters is 1. The van der Waals surface area contributed by atoms with E-state index in [1.165, 1.54) is 27.8 Å². The summed E-state index contributed by atoms with van der Waals surface area (Å²) in [4.78, 5) is 24.7. The van der Waals surface area contributed by atoms with Gasteiger partial charge in [-0.3, -0.25) is 4.79 Å². The van der Waals surface area contributed by atoms with Crippen molar-refractivity contribution in [3.05, 3.63) is 47.3 Å². The van der Waals surface area contributed by atoms with Crippen LogP contribution in [0.5, 0.6) is 0 Å². The fourth-order valence-electron chi connectivity index (χ4n) is 2.18. The Morgan fingerprint density at radius 3 is 2.70 bits per heavy atom. The SMILES string of the molecule is CCOC(=O)c1ccc(NC(=O)CSc2nnc(-c3cccs3)n2N)cc1. The zero-order chi connectivity index (χ0) is 19.2. The normalized spacial score (nSPS) is 10.6. The van der Waals surface area contributed by atoms with Crippen LogP contribution in [0.1, 0.15) is 17.3 Å². The van der Waals surface area contributed by atoms with Gasteiger partial charge in [-0.05, 0) is 42.6 Å². The Balaban J connectivity index is 1.55. The molecule has 10 heteroatoms. The number of thiophene rings is 1. The summed E-state index contributed by atoms with van der Waals surface area (Å²) < 4.78 is 6.29. The lowest BCUT2D eigenvalue weighted by Crippen LogP contribution is -2.16. The van der Waals surface area contributed by atoms with Crippen LogP contribution in [-0.2, 0) is 9.53 Å². The molecule has 3 N–H and O–H groups in total. The van der Waals surface area contributed by atoms with E-state index in [1.807, 2.05) is 17.5 Å². The van der Waals surface area contributed by atoms with Crippen LogP contribution in [0.4, 0.5) is 5.69 Å². The fraction of sp³-hybridized carbons (Fsp3) is 0.176. The fourth-order valence-corrected chi connectivity index (χ4v) is 3.54. The number of nitrogens with one attached hydrogen (secondary N) is 1. The summed E-state index contributed by atoms with van der Waals surface area (Å²) in [6.45, 7) is 2.06. The molecule has 0 spiro atoms. The largest absolute Gasteiger partial charge is 0.462 e. The molecule has 140 valence electrons. The van der Waals surface area contributed by atoms with Gasteiger partial charge < -0.3 is 15.9 Å². The molecule has 1 amide bonds. The monoisotopic (exact) mass is 403 g/mol. The Labute approximate surface area is 163 Å². The molecular weight excluding hydrogens is 386 g/mol. The lowest BCUT2D eigenvalue weighted by molar-refractivity contribution is -0.113. The van der Waals surface area contributed by atoms with Gasteiger partial charge in [-0.15, -0.1) is 21.5 Å². The number of nitrogens with zero attached hydrogens (tertiary/aromatic N) is 3. The van der Waals surface area contributed by atoms with E-state index in [0.29, 0.717) is 28.8 Å². The second-order valence-corrected chi connectivity index (χ2v) is 7.18.